The van der Waals surface area contributed by atoms with Crippen molar-refractivity contribution in [3.05, 3.63) is 85.1 Å². The zero-order valence-corrected chi connectivity index (χ0v) is 14.4. The Balaban J connectivity index is 1.60. The average molecular weight is 342 g/mol. The molecule has 4 aromatic rings. The molecule has 0 amide bonds. The molecule has 0 aliphatic heterocycles. The molecule has 0 atom stereocenters. The smallest absolute Gasteiger partial charge is 0.123 e. The van der Waals surface area contributed by atoms with Crippen LogP contribution in [0.3, 0.4) is 0 Å². The van der Waals surface area contributed by atoms with E-state index >= 15 is 0 Å². The van der Waals surface area contributed by atoms with Crippen LogP contribution in [0.5, 0.6) is 5.75 Å². The summed E-state index contributed by atoms with van der Waals surface area (Å²) in [6.07, 6.45) is 7.14. The molecule has 0 aliphatic carbocycles. The Kier molecular flexibility index (Phi) is 4.43. The lowest BCUT2D eigenvalue weighted by Crippen LogP contribution is -2.02. The Morgan fingerprint density at radius 3 is 2.54 bits per heavy atom. The van der Waals surface area contributed by atoms with E-state index in [0.717, 1.165) is 33.7 Å². The van der Waals surface area contributed by atoms with Crippen LogP contribution in [0.15, 0.2) is 79.5 Å². The minimum absolute atomic E-state index is 0.663. The molecule has 2 aromatic carbocycles. The summed E-state index contributed by atoms with van der Waals surface area (Å²) in [5.41, 5.74) is 5.15. The molecule has 0 aliphatic rings. The van der Waals surface area contributed by atoms with Crippen LogP contribution < -0.4 is 4.74 Å². The second-order valence-electron chi connectivity index (χ2n) is 5.92. The van der Waals surface area contributed by atoms with Gasteiger partial charge in [0.05, 0.1) is 19.3 Å². The number of hydrogen-bond acceptors (Lipinski definition) is 4. The van der Waals surface area contributed by atoms with Crippen LogP contribution in [-0.2, 0) is 6.54 Å². The molecule has 26 heavy (non-hydrogen) atoms. The number of ether oxygens (including phenoxy) is 1. The predicted molar refractivity (Wildman–Crippen MR) is 101 cm³/mol. The molecule has 0 spiro atoms. The predicted octanol–water partition coefficient (Wildman–Crippen LogP) is 4.06. The highest BCUT2D eigenvalue weighted by Crippen LogP contribution is 2.25. The van der Waals surface area contributed by atoms with Gasteiger partial charge in [0.1, 0.15) is 12.1 Å². The first-order valence-corrected chi connectivity index (χ1v) is 8.34. The Hall–Kier alpha value is -3.47. The van der Waals surface area contributed by atoms with Crippen molar-refractivity contribution in [1.29, 1.82) is 0 Å². The summed E-state index contributed by atoms with van der Waals surface area (Å²) < 4.78 is 7.34. The van der Waals surface area contributed by atoms with E-state index < -0.39 is 0 Å². The summed E-state index contributed by atoms with van der Waals surface area (Å²) >= 11 is 0. The van der Waals surface area contributed by atoms with Crippen LogP contribution in [0.1, 0.15) is 5.56 Å². The molecule has 5 nitrogen and oxygen atoms in total. The molecular formula is C21H18N4O. The Labute approximate surface area is 151 Å². The van der Waals surface area contributed by atoms with E-state index in [1.807, 2.05) is 59.7 Å². The van der Waals surface area contributed by atoms with Crippen molar-refractivity contribution in [3.8, 4) is 28.1 Å². The van der Waals surface area contributed by atoms with Gasteiger partial charge in [0, 0.05) is 35.3 Å². The molecule has 0 fully saturated rings. The normalized spacial score (nSPS) is 10.7. The Morgan fingerprint density at radius 1 is 0.885 bits per heavy atom. The van der Waals surface area contributed by atoms with E-state index in [1.165, 1.54) is 6.33 Å². The zero-order valence-electron chi connectivity index (χ0n) is 14.4. The fourth-order valence-electron chi connectivity index (χ4n) is 2.92. The minimum atomic E-state index is 0.663. The highest BCUT2D eigenvalue weighted by Gasteiger charge is 2.07. The monoisotopic (exact) mass is 342 g/mol. The minimum Gasteiger partial charge on any atom is -0.496 e. The van der Waals surface area contributed by atoms with Crippen molar-refractivity contribution in [2.45, 2.75) is 6.54 Å². The van der Waals surface area contributed by atoms with Crippen molar-refractivity contribution in [1.82, 2.24) is 19.7 Å². The van der Waals surface area contributed by atoms with E-state index in [9.17, 15) is 0 Å². The molecule has 0 saturated heterocycles. The van der Waals surface area contributed by atoms with Crippen LogP contribution in [0, 0.1) is 0 Å². The maximum atomic E-state index is 5.42. The van der Waals surface area contributed by atoms with Gasteiger partial charge in [-0.15, -0.1) is 0 Å². The van der Waals surface area contributed by atoms with Gasteiger partial charge in [-0.1, -0.05) is 36.4 Å². The third kappa shape index (κ3) is 3.32. The number of para-hydroxylation sites is 1. The van der Waals surface area contributed by atoms with Crippen molar-refractivity contribution < 1.29 is 4.74 Å². The lowest BCUT2D eigenvalue weighted by molar-refractivity contribution is 0.407. The molecule has 0 N–H and O–H groups in total. The number of methoxy groups -OCH3 is 1. The lowest BCUT2D eigenvalue weighted by atomic mass is 10.0. The second-order valence-corrected chi connectivity index (χ2v) is 5.92. The Bertz CT molecular complexity index is 1010. The third-order valence-electron chi connectivity index (χ3n) is 4.22. The van der Waals surface area contributed by atoms with Crippen LogP contribution >= 0.6 is 0 Å². The summed E-state index contributed by atoms with van der Waals surface area (Å²) in [6, 6.07) is 18.3. The largest absolute Gasteiger partial charge is 0.496 e. The Morgan fingerprint density at radius 2 is 1.69 bits per heavy atom. The van der Waals surface area contributed by atoms with Gasteiger partial charge in [-0.2, -0.15) is 5.10 Å². The van der Waals surface area contributed by atoms with Crippen molar-refractivity contribution in [3.63, 3.8) is 0 Å². The standard InChI is InChI=1S/C21H18N4O/c1-26-21-8-3-2-5-18(21)14-25-10-9-20(24-25)17-7-4-6-16(11-17)19-12-22-15-23-13-19/h2-13,15H,14H2,1H3. The van der Waals surface area contributed by atoms with Gasteiger partial charge < -0.3 is 4.74 Å². The summed E-state index contributed by atoms with van der Waals surface area (Å²) in [5, 5.41) is 4.72. The molecule has 0 radical (unpaired) electrons. The summed E-state index contributed by atoms with van der Waals surface area (Å²) in [5.74, 6) is 0.871. The summed E-state index contributed by atoms with van der Waals surface area (Å²) in [4.78, 5) is 8.18. The molecular weight excluding hydrogens is 324 g/mol. The maximum Gasteiger partial charge on any atom is 0.123 e. The number of aromatic nitrogens is 4. The summed E-state index contributed by atoms with van der Waals surface area (Å²) in [7, 11) is 1.69. The van der Waals surface area contributed by atoms with Gasteiger partial charge in [-0.3, -0.25) is 4.68 Å². The van der Waals surface area contributed by atoms with Crippen molar-refractivity contribution in [2.24, 2.45) is 0 Å². The van der Waals surface area contributed by atoms with Gasteiger partial charge in [0.25, 0.3) is 0 Å². The third-order valence-corrected chi connectivity index (χ3v) is 4.22. The number of nitrogens with zero attached hydrogens (tertiary/aromatic N) is 4. The summed E-state index contributed by atoms with van der Waals surface area (Å²) in [6.45, 7) is 0.663. The molecule has 2 heterocycles. The van der Waals surface area contributed by atoms with Gasteiger partial charge in [0.2, 0.25) is 0 Å². The van der Waals surface area contributed by atoms with Gasteiger partial charge in [-0.25, -0.2) is 9.97 Å². The van der Waals surface area contributed by atoms with E-state index in [-0.39, 0.29) is 0 Å². The molecule has 128 valence electrons. The molecule has 2 aromatic heterocycles. The fraction of sp³-hybridized carbons (Fsp3) is 0.0952. The molecule has 0 bridgehead atoms. The van der Waals surface area contributed by atoms with Gasteiger partial charge in [-0.05, 0) is 23.8 Å². The first-order valence-electron chi connectivity index (χ1n) is 8.34. The van der Waals surface area contributed by atoms with E-state index in [0.29, 0.717) is 6.54 Å². The highest BCUT2D eigenvalue weighted by molar-refractivity contribution is 5.70. The average Bonchev–Trinajstić information content (AvgIpc) is 3.18. The highest BCUT2D eigenvalue weighted by atomic mass is 16.5. The molecule has 0 unspecified atom stereocenters. The first-order chi connectivity index (χ1) is 12.8. The number of hydrogen-bond donors (Lipinski definition) is 0. The van der Waals surface area contributed by atoms with Crippen LogP contribution in [-0.4, -0.2) is 26.9 Å². The van der Waals surface area contributed by atoms with Crippen LogP contribution in [0.2, 0.25) is 0 Å². The quantitative estimate of drug-likeness (QED) is 0.549. The molecule has 4 rings (SSSR count). The van der Waals surface area contributed by atoms with Crippen molar-refractivity contribution in [2.75, 3.05) is 7.11 Å². The lowest BCUT2D eigenvalue weighted by Gasteiger charge is -2.08. The van der Waals surface area contributed by atoms with Crippen LogP contribution in [0.25, 0.3) is 22.4 Å². The van der Waals surface area contributed by atoms with Crippen LogP contribution in [0.4, 0.5) is 0 Å². The van der Waals surface area contributed by atoms with Gasteiger partial charge >= 0.3 is 0 Å². The van der Waals surface area contributed by atoms with Crippen molar-refractivity contribution >= 4 is 0 Å². The maximum absolute atomic E-state index is 5.42. The topological polar surface area (TPSA) is 52.8 Å². The van der Waals surface area contributed by atoms with E-state index in [1.54, 1.807) is 7.11 Å². The fourth-order valence-corrected chi connectivity index (χ4v) is 2.92. The molecule has 0 saturated carbocycles. The van der Waals surface area contributed by atoms with E-state index in [2.05, 4.69) is 28.2 Å². The number of rotatable bonds is 5. The van der Waals surface area contributed by atoms with Gasteiger partial charge in [0.15, 0.2) is 0 Å². The SMILES string of the molecule is COc1ccccc1Cn1ccc(-c2cccc(-c3cncnc3)c2)n1. The zero-order chi connectivity index (χ0) is 17.8. The van der Waals surface area contributed by atoms with E-state index in [4.69, 9.17) is 9.84 Å². The second kappa shape index (κ2) is 7.19. The first kappa shape index (κ1) is 16.0. The number of benzene rings is 2. The molecule has 5 heteroatoms.